The minimum absolute atomic E-state index is 0.334. The normalized spacial score (nSPS) is 10.4. The molecule has 10 heteroatoms. The molecular formula is C32H40N2O8. The van der Waals surface area contributed by atoms with Crippen molar-refractivity contribution in [2.24, 2.45) is 0 Å². The van der Waals surface area contributed by atoms with Crippen LogP contribution in [0.2, 0.25) is 0 Å². The van der Waals surface area contributed by atoms with Gasteiger partial charge in [0.25, 0.3) is 11.8 Å². The molecule has 3 aromatic rings. The largest absolute Gasteiger partial charge is 0.490 e. The van der Waals surface area contributed by atoms with Crippen LogP contribution in [-0.4, -0.2) is 51.5 Å². The van der Waals surface area contributed by atoms with Gasteiger partial charge in [-0.1, -0.05) is 6.07 Å². The Morgan fingerprint density at radius 1 is 0.500 bits per heavy atom. The van der Waals surface area contributed by atoms with E-state index in [4.69, 9.17) is 28.4 Å². The molecule has 0 aliphatic carbocycles. The van der Waals surface area contributed by atoms with E-state index in [9.17, 15) is 9.59 Å². The molecule has 0 atom stereocenters. The van der Waals surface area contributed by atoms with Crippen LogP contribution in [0.1, 0.15) is 62.3 Å². The Balaban J connectivity index is 1.84. The Hall–Kier alpha value is -4.60. The van der Waals surface area contributed by atoms with Gasteiger partial charge < -0.3 is 39.1 Å². The highest BCUT2D eigenvalue weighted by molar-refractivity contribution is 6.07. The van der Waals surface area contributed by atoms with Gasteiger partial charge >= 0.3 is 0 Å². The van der Waals surface area contributed by atoms with Gasteiger partial charge in [-0.3, -0.25) is 9.59 Å². The predicted molar refractivity (Wildman–Crippen MR) is 162 cm³/mol. The number of amides is 2. The molecule has 2 N–H and O–H groups in total. The summed E-state index contributed by atoms with van der Waals surface area (Å²) < 4.78 is 34.4. The van der Waals surface area contributed by atoms with Crippen molar-refractivity contribution in [2.75, 3.05) is 50.3 Å². The average molecular weight is 581 g/mol. The first kappa shape index (κ1) is 31.9. The molecule has 226 valence electrons. The van der Waals surface area contributed by atoms with Gasteiger partial charge in [-0.15, -0.1) is 0 Å². The van der Waals surface area contributed by atoms with E-state index >= 15 is 0 Å². The third kappa shape index (κ3) is 8.22. The van der Waals surface area contributed by atoms with Crippen molar-refractivity contribution < 1.29 is 38.0 Å². The summed E-state index contributed by atoms with van der Waals surface area (Å²) in [7, 11) is 0. The molecule has 3 aromatic carbocycles. The molecule has 0 saturated heterocycles. The topological polar surface area (TPSA) is 114 Å². The molecule has 0 spiro atoms. The maximum Gasteiger partial charge on any atom is 0.255 e. The molecule has 0 heterocycles. The lowest BCUT2D eigenvalue weighted by Gasteiger charge is -2.17. The average Bonchev–Trinajstić information content (AvgIpc) is 2.96. The Morgan fingerprint density at radius 2 is 0.810 bits per heavy atom. The zero-order chi connectivity index (χ0) is 30.5. The van der Waals surface area contributed by atoms with Crippen LogP contribution in [0, 0.1) is 0 Å². The number of anilines is 2. The van der Waals surface area contributed by atoms with Gasteiger partial charge in [-0.05, 0) is 84.0 Å². The summed E-state index contributed by atoms with van der Waals surface area (Å²) in [6.07, 6.45) is 0. The summed E-state index contributed by atoms with van der Waals surface area (Å²) in [5.74, 6) is 1.84. The quantitative estimate of drug-likeness (QED) is 0.195. The second-order valence-corrected chi connectivity index (χ2v) is 8.69. The standard InChI is InChI=1S/C32H40N2O8/c1-7-37-25-16-21(17-26(38-8-2)29(25)41-11-5)31(35)33-23-14-13-15-24(20-23)34-32(36)22-18-27(39-9-3)30(42-12-6)28(19-22)40-10-4/h13-20H,7-12H2,1-6H3,(H,33,35)(H,34,36). The maximum atomic E-state index is 13.2. The highest BCUT2D eigenvalue weighted by Crippen LogP contribution is 2.40. The summed E-state index contributed by atoms with van der Waals surface area (Å²) in [5, 5.41) is 5.75. The van der Waals surface area contributed by atoms with Crippen molar-refractivity contribution in [3.8, 4) is 34.5 Å². The molecule has 2 amide bonds. The van der Waals surface area contributed by atoms with Crippen molar-refractivity contribution in [2.45, 2.75) is 41.5 Å². The van der Waals surface area contributed by atoms with Crippen LogP contribution in [0.5, 0.6) is 34.5 Å². The number of ether oxygens (including phenoxy) is 6. The molecule has 0 aliphatic heterocycles. The lowest BCUT2D eigenvalue weighted by molar-refractivity contribution is 0.101. The monoisotopic (exact) mass is 580 g/mol. The summed E-state index contributed by atoms with van der Waals surface area (Å²) in [6, 6.07) is 13.3. The van der Waals surface area contributed by atoms with Crippen molar-refractivity contribution in [1.82, 2.24) is 0 Å². The summed E-state index contributed by atoms with van der Waals surface area (Å²) in [6.45, 7) is 13.5. The molecule has 0 unspecified atom stereocenters. The van der Waals surface area contributed by atoms with Crippen molar-refractivity contribution in [1.29, 1.82) is 0 Å². The summed E-state index contributed by atoms with van der Waals surface area (Å²) in [5.41, 5.74) is 1.64. The first-order valence-corrected chi connectivity index (χ1v) is 14.2. The predicted octanol–water partition coefficient (Wildman–Crippen LogP) is 6.58. The van der Waals surface area contributed by atoms with E-state index in [1.165, 1.54) is 0 Å². The number of carbonyl (C=O) groups is 2. The SMILES string of the molecule is CCOc1cc(C(=O)Nc2cccc(NC(=O)c3cc(OCC)c(OCC)c(OCC)c3)c2)cc(OCC)c1OCC. The van der Waals surface area contributed by atoms with E-state index in [1.54, 1.807) is 48.5 Å². The lowest BCUT2D eigenvalue weighted by Crippen LogP contribution is -2.15. The van der Waals surface area contributed by atoms with Gasteiger partial charge in [-0.2, -0.15) is 0 Å². The molecular weight excluding hydrogens is 540 g/mol. The highest BCUT2D eigenvalue weighted by atomic mass is 16.5. The maximum absolute atomic E-state index is 13.2. The zero-order valence-corrected chi connectivity index (χ0v) is 25.1. The van der Waals surface area contributed by atoms with E-state index < -0.39 is 0 Å². The minimum Gasteiger partial charge on any atom is -0.490 e. The van der Waals surface area contributed by atoms with Crippen molar-refractivity contribution in [3.05, 3.63) is 59.7 Å². The summed E-state index contributed by atoms with van der Waals surface area (Å²) in [4.78, 5) is 26.5. The fourth-order valence-corrected chi connectivity index (χ4v) is 4.12. The van der Waals surface area contributed by atoms with Gasteiger partial charge in [-0.25, -0.2) is 0 Å². The molecule has 0 aliphatic rings. The third-order valence-electron chi connectivity index (χ3n) is 5.72. The number of hydrogen-bond donors (Lipinski definition) is 2. The second-order valence-electron chi connectivity index (χ2n) is 8.69. The third-order valence-corrected chi connectivity index (χ3v) is 5.72. The molecule has 0 aromatic heterocycles. The second kappa shape index (κ2) is 16.0. The van der Waals surface area contributed by atoms with E-state index in [-0.39, 0.29) is 11.8 Å². The first-order valence-electron chi connectivity index (χ1n) is 14.2. The Labute approximate surface area is 247 Å². The van der Waals surface area contributed by atoms with Gasteiger partial charge in [0.1, 0.15) is 0 Å². The molecule has 0 bridgehead atoms. The van der Waals surface area contributed by atoms with Crippen LogP contribution in [0.25, 0.3) is 0 Å². The highest BCUT2D eigenvalue weighted by Gasteiger charge is 2.20. The Kier molecular flexibility index (Phi) is 12.2. The smallest absolute Gasteiger partial charge is 0.255 e. The van der Waals surface area contributed by atoms with Gasteiger partial charge in [0.05, 0.1) is 39.6 Å². The molecule has 0 saturated carbocycles. The number of rotatable bonds is 16. The van der Waals surface area contributed by atoms with Crippen LogP contribution in [0.4, 0.5) is 11.4 Å². The molecule has 0 fully saturated rings. The first-order chi connectivity index (χ1) is 20.4. The number of carbonyl (C=O) groups excluding carboxylic acids is 2. The molecule has 3 rings (SSSR count). The van der Waals surface area contributed by atoms with Crippen LogP contribution in [0.15, 0.2) is 48.5 Å². The Bertz CT molecular complexity index is 1210. The van der Waals surface area contributed by atoms with Crippen molar-refractivity contribution in [3.63, 3.8) is 0 Å². The van der Waals surface area contributed by atoms with E-state index in [2.05, 4.69) is 10.6 Å². The van der Waals surface area contributed by atoms with E-state index in [1.807, 2.05) is 41.5 Å². The lowest BCUT2D eigenvalue weighted by atomic mass is 10.1. The minimum atomic E-state index is -0.377. The zero-order valence-electron chi connectivity index (χ0n) is 25.1. The number of nitrogens with one attached hydrogen (secondary N) is 2. The molecule has 0 radical (unpaired) electrons. The van der Waals surface area contributed by atoms with Crippen LogP contribution in [-0.2, 0) is 0 Å². The molecule has 42 heavy (non-hydrogen) atoms. The van der Waals surface area contributed by atoms with Crippen LogP contribution >= 0.6 is 0 Å². The fraction of sp³-hybridized carbons (Fsp3) is 0.375. The van der Waals surface area contributed by atoms with Crippen LogP contribution < -0.4 is 39.1 Å². The van der Waals surface area contributed by atoms with Crippen molar-refractivity contribution >= 4 is 23.2 Å². The summed E-state index contributed by atoms with van der Waals surface area (Å²) >= 11 is 0. The van der Waals surface area contributed by atoms with E-state index in [0.717, 1.165) is 0 Å². The number of benzene rings is 3. The van der Waals surface area contributed by atoms with Gasteiger partial charge in [0.2, 0.25) is 11.5 Å². The Morgan fingerprint density at radius 3 is 1.10 bits per heavy atom. The van der Waals surface area contributed by atoms with Gasteiger partial charge in [0, 0.05) is 22.5 Å². The van der Waals surface area contributed by atoms with E-state index in [0.29, 0.717) is 96.6 Å². The van der Waals surface area contributed by atoms with Gasteiger partial charge in [0.15, 0.2) is 23.0 Å². The molecule has 10 nitrogen and oxygen atoms in total. The number of hydrogen-bond acceptors (Lipinski definition) is 8. The van der Waals surface area contributed by atoms with Crippen LogP contribution in [0.3, 0.4) is 0 Å². The fourth-order valence-electron chi connectivity index (χ4n) is 4.12.